The van der Waals surface area contributed by atoms with Gasteiger partial charge in [0.1, 0.15) is 5.82 Å². The fourth-order valence-corrected chi connectivity index (χ4v) is 3.41. The maximum atomic E-state index is 5.21. The highest BCUT2D eigenvalue weighted by molar-refractivity contribution is 9.10. The lowest BCUT2D eigenvalue weighted by Crippen LogP contribution is -1.97. The van der Waals surface area contributed by atoms with Crippen LogP contribution in [0.25, 0.3) is 10.9 Å². The van der Waals surface area contributed by atoms with Crippen molar-refractivity contribution in [1.29, 1.82) is 0 Å². The Kier molecular flexibility index (Phi) is 4.57. The quantitative estimate of drug-likeness (QED) is 0.373. The number of rotatable bonds is 4. The number of H-pyrrole nitrogens is 1. The van der Waals surface area contributed by atoms with E-state index in [0.29, 0.717) is 4.77 Å². The molecule has 2 heterocycles. The number of aromatic amines is 1. The van der Waals surface area contributed by atoms with Crippen molar-refractivity contribution < 1.29 is 0 Å². The van der Waals surface area contributed by atoms with Crippen LogP contribution in [0.2, 0.25) is 0 Å². The van der Waals surface area contributed by atoms with Crippen molar-refractivity contribution in [2.45, 2.75) is 13.5 Å². The summed E-state index contributed by atoms with van der Waals surface area (Å²) < 4.78 is 5.42. The summed E-state index contributed by atoms with van der Waals surface area (Å²) in [6.07, 6.45) is 3.95. The van der Waals surface area contributed by atoms with E-state index in [1.807, 2.05) is 19.2 Å². The lowest BCUT2D eigenvalue weighted by atomic mass is 10.2. The molecule has 1 N–H and O–H groups in total. The zero-order valence-electron chi connectivity index (χ0n) is 14.1. The van der Waals surface area contributed by atoms with E-state index >= 15 is 0 Å². The third kappa shape index (κ3) is 3.27. The van der Waals surface area contributed by atoms with Crippen molar-refractivity contribution in [2.75, 3.05) is 0 Å². The van der Waals surface area contributed by atoms with E-state index in [9.17, 15) is 0 Å². The van der Waals surface area contributed by atoms with Gasteiger partial charge < -0.3 is 4.57 Å². The first kappa shape index (κ1) is 16.9. The molecule has 2 aromatic carbocycles. The molecule has 0 atom stereocenters. The minimum Gasteiger partial charge on any atom is -0.342 e. The number of nitrogens with zero attached hydrogens (tertiary/aromatic N) is 4. The number of fused-ring (bicyclic) bond motifs is 1. The van der Waals surface area contributed by atoms with E-state index in [1.165, 1.54) is 11.1 Å². The number of nitrogens with one attached hydrogen (secondary N) is 1. The van der Waals surface area contributed by atoms with E-state index in [1.54, 1.807) is 4.68 Å². The molecule has 0 aliphatic carbocycles. The number of benzene rings is 2. The lowest BCUT2D eigenvalue weighted by molar-refractivity contribution is 0.819. The van der Waals surface area contributed by atoms with Gasteiger partial charge in [0.2, 0.25) is 4.77 Å². The second-order valence-corrected chi connectivity index (χ2v) is 7.29. The van der Waals surface area contributed by atoms with Crippen LogP contribution in [0.3, 0.4) is 0 Å². The predicted octanol–water partition coefficient (Wildman–Crippen LogP) is 4.90. The van der Waals surface area contributed by atoms with Gasteiger partial charge in [-0.25, -0.2) is 0 Å². The number of halogens is 1. The zero-order chi connectivity index (χ0) is 18.1. The fourth-order valence-electron chi connectivity index (χ4n) is 2.92. The molecular formula is C19H16BrN5S. The van der Waals surface area contributed by atoms with Gasteiger partial charge in [0.15, 0.2) is 0 Å². The van der Waals surface area contributed by atoms with Crippen molar-refractivity contribution in [3.05, 3.63) is 80.9 Å². The average molecular weight is 426 g/mol. The molecule has 2 aromatic heterocycles. The van der Waals surface area contributed by atoms with E-state index in [2.05, 4.69) is 84.5 Å². The highest BCUT2D eigenvalue weighted by atomic mass is 79.9. The van der Waals surface area contributed by atoms with Crippen LogP contribution in [0.5, 0.6) is 0 Å². The molecule has 4 aromatic rings. The molecule has 7 heteroatoms. The van der Waals surface area contributed by atoms with Crippen molar-refractivity contribution >= 4 is 45.3 Å². The number of aryl methyl sites for hydroxylation is 1. The van der Waals surface area contributed by atoms with Gasteiger partial charge in [-0.2, -0.15) is 14.9 Å². The molecule has 5 nitrogen and oxygen atoms in total. The Balaban J connectivity index is 1.74. The normalized spacial score (nSPS) is 11.6. The molecular weight excluding hydrogens is 410 g/mol. The largest absolute Gasteiger partial charge is 0.342 e. The summed E-state index contributed by atoms with van der Waals surface area (Å²) in [5.41, 5.74) is 3.45. The van der Waals surface area contributed by atoms with Gasteiger partial charge in [0.25, 0.3) is 0 Å². The van der Waals surface area contributed by atoms with Crippen LogP contribution in [0.4, 0.5) is 0 Å². The van der Waals surface area contributed by atoms with Gasteiger partial charge in [-0.05, 0) is 42.9 Å². The van der Waals surface area contributed by atoms with Crippen LogP contribution < -0.4 is 0 Å². The Labute approximate surface area is 164 Å². The van der Waals surface area contributed by atoms with Gasteiger partial charge in [0.05, 0.1) is 6.21 Å². The summed E-state index contributed by atoms with van der Waals surface area (Å²) >= 11 is 8.69. The molecule has 0 radical (unpaired) electrons. The first-order valence-electron chi connectivity index (χ1n) is 8.12. The summed E-state index contributed by atoms with van der Waals surface area (Å²) in [4.78, 5) is 0. The van der Waals surface area contributed by atoms with Gasteiger partial charge in [-0.1, -0.05) is 46.3 Å². The third-order valence-electron chi connectivity index (χ3n) is 4.21. The highest BCUT2D eigenvalue weighted by Crippen LogP contribution is 2.22. The summed E-state index contributed by atoms with van der Waals surface area (Å²) in [5.74, 6) is 0.727. The van der Waals surface area contributed by atoms with Crippen molar-refractivity contribution in [1.82, 2.24) is 19.4 Å². The van der Waals surface area contributed by atoms with Gasteiger partial charge in [-0.3, -0.25) is 5.10 Å². The van der Waals surface area contributed by atoms with Crippen LogP contribution >= 0.6 is 28.1 Å². The van der Waals surface area contributed by atoms with Crippen LogP contribution in [0, 0.1) is 11.7 Å². The number of para-hydroxylation sites is 1. The van der Waals surface area contributed by atoms with Gasteiger partial charge in [-0.15, -0.1) is 0 Å². The number of aromatic nitrogens is 4. The lowest BCUT2D eigenvalue weighted by Gasteiger charge is -2.05. The molecule has 0 amide bonds. The second-order valence-electron chi connectivity index (χ2n) is 5.99. The molecule has 0 bridgehead atoms. The number of hydrogen-bond acceptors (Lipinski definition) is 3. The summed E-state index contributed by atoms with van der Waals surface area (Å²) in [6.45, 7) is 2.66. The molecule has 0 unspecified atom stereocenters. The molecule has 4 rings (SSSR count). The zero-order valence-corrected chi connectivity index (χ0v) is 16.5. The Morgan fingerprint density at radius 2 is 1.96 bits per heavy atom. The topological polar surface area (TPSA) is 50.9 Å². The first-order valence-corrected chi connectivity index (χ1v) is 9.32. The minimum absolute atomic E-state index is 0.484. The van der Waals surface area contributed by atoms with E-state index in [-0.39, 0.29) is 0 Å². The second kappa shape index (κ2) is 7.01. The average Bonchev–Trinajstić information content (AvgIpc) is 3.16. The predicted molar refractivity (Wildman–Crippen MR) is 110 cm³/mol. The number of hydrogen-bond donors (Lipinski definition) is 1. The third-order valence-corrected chi connectivity index (χ3v) is 5.00. The van der Waals surface area contributed by atoms with E-state index in [0.717, 1.165) is 27.8 Å². The van der Waals surface area contributed by atoms with Crippen molar-refractivity contribution in [2.24, 2.45) is 5.10 Å². The SMILES string of the molecule is Cc1n[nH]c(=S)n1/N=C\c1cn(Cc2ccc(Br)cc2)c2ccccc12. The summed E-state index contributed by atoms with van der Waals surface area (Å²) in [6, 6.07) is 16.7. The first-order chi connectivity index (χ1) is 12.6. The Bertz CT molecular complexity index is 1150. The molecule has 130 valence electrons. The van der Waals surface area contributed by atoms with Gasteiger partial charge >= 0.3 is 0 Å². The molecule has 0 spiro atoms. The monoisotopic (exact) mass is 425 g/mol. The molecule has 0 saturated carbocycles. The van der Waals surface area contributed by atoms with Crippen LogP contribution in [0.15, 0.2) is 64.3 Å². The Morgan fingerprint density at radius 1 is 1.19 bits per heavy atom. The maximum Gasteiger partial charge on any atom is 0.216 e. The smallest absolute Gasteiger partial charge is 0.216 e. The minimum atomic E-state index is 0.484. The van der Waals surface area contributed by atoms with Crippen molar-refractivity contribution in [3.8, 4) is 0 Å². The molecule has 0 fully saturated rings. The molecule has 26 heavy (non-hydrogen) atoms. The van der Waals surface area contributed by atoms with E-state index < -0.39 is 0 Å². The van der Waals surface area contributed by atoms with Gasteiger partial charge in [0, 0.05) is 33.7 Å². The summed E-state index contributed by atoms with van der Waals surface area (Å²) in [7, 11) is 0. The Hall–Kier alpha value is -2.51. The molecule has 0 aliphatic rings. The van der Waals surface area contributed by atoms with Crippen molar-refractivity contribution in [3.63, 3.8) is 0 Å². The highest BCUT2D eigenvalue weighted by Gasteiger charge is 2.08. The van der Waals surface area contributed by atoms with Crippen LogP contribution in [-0.2, 0) is 6.54 Å². The summed E-state index contributed by atoms with van der Waals surface area (Å²) in [5, 5.41) is 12.5. The molecule has 0 aliphatic heterocycles. The standard InChI is InChI=1S/C19H16BrN5S/c1-13-22-23-19(26)25(13)21-10-15-12-24(18-5-3-2-4-17(15)18)11-14-6-8-16(20)9-7-14/h2-10,12H,11H2,1H3,(H,23,26)/b21-10-. The molecule has 0 saturated heterocycles. The van der Waals surface area contributed by atoms with E-state index in [4.69, 9.17) is 12.2 Å². The Morgan fingerprint density at radius 3 is 2.69 bits per heavy atom. The fraction of sp³-hybridized carbons (Fsp3) is 0.105. The van der Waals surface area contributed by atoms with Crippen LogP contribution in [0.1, 0.15) is 17.0 Å². The van der Waals surface area contributed by atoms with Crippen LogP contribution in [-0.4, -0.2) is 25.7 Å². The maximum absolute atomic E-state index is 5.21.